The predicted molar refractivity (Wildman–Crippen MR) is 171 cm³/mol. The predicted octanol–water partition coefficient (Wildman–Crippen LogP) is 7.51. The normalized spacial score (nSPS) is 15.0. The van der Waals surface area contributed by atoms with E-state index in [4.69, 9.17) is 18.9 Å². The van der Waals surface area contributed by atoms with Crippen LogP contribution >= 0.6 is 0 Å². The van der Waals surface area contributed by atoms with Crippen LogP contribution in [0.15, 0.2) is 24.3 Å². The van der Waals surface area contributed by atoms with Gasteiger partial charge in [-0.15, -0.1) is 0 Å². The number of hydrogen-bond donors (Lipinski definition) is 0. The van der Waals surface area contributed by atoms with Crippen LogP contribution < -0.4 is 9.47 Å². The summed E-state index contributed by atoms with van der Waals surface area (Å²) in [6.45, 7) is 14.5. The van der Waals surface area contributed by atoms with Crippen molar-refractivity contribution in [3.63, 3.8) is 0 Å². The quantitative estimate of drug-likeness (QED) is 0.250. The molecule has 9 heteroatoms. The number of halogens is 2. The number of hydrogen-bond acceptors (Lipinski definition) is 6. The molecule has 0 aliphatic carbocycles. The van der Waals surface area contributed by atoms with Crippen molar-refractivity contribution in [2.24, 2.45) is 0 Å². The third kappa shape index (κ3) is 6.21. The summed E-state index contributed by atoms with van der Waals surface area (Å²) in [5.41, 5.74) is 6.76. The maximum Gasteiger partial charge on any atom is 0.339 e. The summed E-state index contributed by atoms with van der Waals surface area (Å²) in [6, 6.07) is 5.68. The number of carbonyl (C=O) groups is 2. The van der Waals surface area contributed by atoms with Crippen LogP contribution in [-0.4, -0.2) is 49.2 Å². The maximum absolute atomic E-state index is 15.8. The molecule has 1 unspecified atom stereocenters. The zero-order chi connectivity index (χ0) is 33.5. The summed E-state index contributed by atoms with van der Waals surface area (Å²) < 4.78 is 53.1. The van der Waals surface area contributed by atoms with Crippen molar-refractivity contribution in [3.05, 3.63) is 80.4 Å². The van der Waals surface area contributed by atoms with Crippen LogP contribution in [0.4, 0.5) is 8.78 Å². The van der Waals surface area contributed by atoms with Gasteiger partial charge in [0.25, 0.3) is 5.91 Å². The van der Waals surface area contributed by atoms with E-state index in [1.165, 1.54) is 25.3 Å². The highest BCUT2D eigenvalue weighted by atomic mass is 19.1. The van der Waals surface area contributed by atoms with Gasteiger partial charge in [-0.1, -0.05) is 0 Å². The fourth-order valence-electron chi connectivity index (χ4n) is 6.77. The van der Waals surface area contributed by atoms with Crippen LogP contribution in [0.1, 0.15) is 89.5 Å². The number of fused-ring (bicyclic) bond motifs is 2. The van der Waals surface area contributed by atoms with Crippen LogP contribution in [0.3, 0.4) is 0 Å². The van der Waals surface area contributed by atoms with E-state index in [9.17, 15) is 14.0 Å². The fraction of sp³-hybridized carbons (Fsp3) is 0.459. The molecule has 1 amide bonds. The van der Waals surface area contributed by atoms with Crippen molar-refractivity contribution in [2.75, 3.05) is 26.9 Å². The lowest BCUT2D eigenvalue weighted by Gasteiger charge is -2.36. The van der Waals surface area contributed by atoms with Crippen molar-refractivity contribution in [2.45, 2.75) is 86.0 Å². The molecule has 246 valence electrons. The highest BCUT2D eigenvalue weighted by Gasteiger charge is 2.37. The first-order valence-electron chi connectivity index (χ1n) is 15.8. The number of nitrogens with zero attached hydrogens (tertiary/aromatic N) is 1. The van der Waals surface area contributed by atoms with Gasteiger partial charge < -0.3 is 23.8 Å². The van der Waals surface area contributed by atoms with E-state index >= 15 is 4.39 Å². The minimum Gasteiger partial charge on any atom is -0.494 e. The van der Waals surface area contributed by atoms with Crippen LogP contribution in [0, 0.1) is 32.4 Å². The largest absolute Gasteiger partial charge is 0.494 e. The first-order valence-corrected chi connectivity index (χ1v) is 15.8. The summed E-state index contributed by atoms with van der Waals surface area (Å²) in [7, 11) is 1.38. The number of esters is 1. The number of benzene rings is 3. The second kappa shape index (κ2) is 13.0. The molecule has 0 spiro atoms. The molecule has 0 radical (unpaired) electrons. The minimum atomic E-state index is -1.07. The van der Waals surface area contributed by atoms with E-state index in [2.05, 4.69) is 0 Å². The Labute approximate surface area is 269 Å². The Morgan fingerprint density at radius 2 is 1.72 bits per heavy atom. The maximum atomic E-state index is 15.8. The topological polar surface area (TPSA) is 74.3 Å². The third-order valence-corrected chi connectivity index (χ3v) is 8.92. The molecule has 0 saturated carbocycles. The number of ether oxygens (including phenoxy) is 4. The highest BCUT2D eigenvalue weighted by molar-refractivity contribution is 5.95. The Bertz CT molecular complexity index is 1690. The molecule has 5 rings (SSSR count). The number of amides is 1. The van der Waals surface area contributed by atoms with Gasteiger partial charge in [0.15, 0.2) is 29.2 Å². The Morgan fingerprint density at radius 1 is 0.978 bits per heavy atom. The molecule has 0 fully saturated rings. The summed E-state index contributed by atoms with van der Waals surface area (Å²) in [4.78, 5) is 29.0. The summed E-state index contributed by atoms with van der Waals surface area (Å²) in [6.07, 6.45) is 0.879. The van der Waals surface area contributed by atoms with Crippen LogP contribution in [0.25, 0.3) is 11.1 Å². The van der Waals surface area contributed by atoms with Crippen molar-refractivity contribution in [1.82, 2.24) is 4.90 Å². The van der Waals surface area contributed by atoms with Gasteiger partial charge in [0.1, 0.15) is 0 Å². The van der Waals surface area contributed by atoms with Gasteiger partial charge in [-0.05, 0) is 131 Å². The molecule has 0 saturated heterocycles. The molecule has 2 aliphatic rings. The Hall–Kier alpha value is -3.98. The van der Waals surface area contributed by atoms with Crippen LogP contribution in [0.2, 0.25) is 0 Å². The van der Waals surface area contributed by atoms with Crippen molar-refractivity contribution in [1.29, 1.82) is 0 Å². The monoisotopic (exact) mass is 635 g/mol. The molecular weight excluding hydrogens is 592 g/mol. The average molecular weight is 636 g/mol. The smallest absolute Gasteiger partial charge is 0.339 e. The molecule has 0 aromatic heterocycles. The Balaban J connectivity index is 1.73. The molecule has 0 bridgehead atoms. The second-order valence-electron chi connectivity index (χ2n) is 13.0. The van der Waals surface area contributed by atoms with Crippen LogP contribution in [0.5, 0.6) is 11.5 Å². The molecule has 46 heavy (non-hydrogen) atoms. The van der Waals surface area contributed by atoms with Crippen molar-refractivity contribution < 1.29 is 37.3 Å². The standard InChI is InChI=1S/C37H43F2NO6/c1-9-44-36(42)34(46-37(5,6)7)32-21(3)24-14-15-40(35(41)23-12-13-30(43-8)28(38)17-23)19-27(24)22(4)31(32)26-18-29(39)33-25(20(26)2)11-10-16-45-33/h12-13,17-18,34H,9-11,14-16,19H2,1-8H3. The van der Waals surface area contributed by atoms with Gasteiger partial charge in [0.05, 0.1) is 25.9 Å². The first-order chi connectivity index (χ1) is 21.8. The van der Waals surface area contributed by atoms with Crippen LogP contribution in [-0.2, 0) is 33.7 Å². The van der Waals surface area contributed by atoms with Gasteiger partial charge in [-0.25, -0.2) is 13.6 Å². The summed E-state index contributed by atoms with van der Waals surface area (Å²) in [5, 5.41) is 0. The number of carbonyl (C=O) groups excluding carboxylic acids is 2. The Morgan fingerprint density at radius 3 is 2.37 bits per heavy atom. The fourth-order valence-corrected chi connectivity index (χ4v) is 6.77. The van der Waals surface area contributed by atoms with Gasteiger partial charge in [0, 0.05) is 29.8 Å². The molecule has 2 heterocycles. The van der Waals surface area contributed by atoms with E-state index in [-0.39, 0.29) is 36.1 Å². The second-order valence-corrected chi connectivity index (χ2v) is 13.0. The van der Waals surface area contributed by atoms with Gasteiger partial charge in [-0.3, -0.25) is 4.79 Å². The lowest BCUT2D eigenvalue weighted by Crippen LogP contribution is -2.37. The number of methoxy groups -OCH3 is 1. The molecule has 0 N–H and O–H groups in total. The molecule has 3 aromatic carbocycles. The third-order valence-electron chi connectivity index (χ3n) is 8.92. The SMILES string of the molecule is CCOC(=O)C(OC(C)(C)C)c1c(C)c2c(c(C)c1-c1cc(F)c3c(c1C)CCCO3)CN(C(=O)c1ccc(OC)c(F)c1)CC2. The minimum absolute atomic E-state index is 0.0656. The molecule has 2 aliphatic heterocycles. The molecule has 1 atom stereocenters. The molecule has 7 nitrogen and oxygen atoms in total. The van der Waals surface area contributed by atoms with E-state index in [1.807, 2.05) is 41.5 Å². The van der Waals surface area contributed by atoms with Gasteiger partial charge >= 0.3 is 5.97 Å². The van der Waals surface area contributed by atoms with E-state index in [0.29, 0.717) is 42.7 Å². The summed E-state index contributed by atoms with van der Waals surface area (Å²) in [5.74, 6) is -1.55. The lowest BCUT2D eigenvalue weighted by atomic mass is 9.78. The zero-order valence-corrected chi connectivity index (χ0v) is 28.0. The molecular formula is C37H43F2NO6. The zero-order valence-electron chi connectivity index (χ0n) is 28.0. The number of rotatable bonds is 7. The average Bonchev–Trinajstić information content (AvgIpc) is 3.02. The van der Waals surface area contributed by atoms with E-state index in [1.54, 1.807) is 17.9 Å². The first kappa shape index (κ1) is 33.4. The van der Waals surface area contributed by atoms with E-state index in [0.717, 1.165) is 39.8 Å². The van der Waals surface area contributed by atoms with Gasteiger partial charge in [-0.2, -0.15) is 0 Å². The molecule has 3 aromatic rings. The van der Waals surface area contributed by atoms with Crippen molar-refractivity contribution >= 4 is 11.9 Å². The van der Waals surface area contributed by atoms with Crippen molar-refractivity contribution in [3.8, 4) is 22.6 Å². The Kier molecular flexibility index (Phi) is 9.45. The summed E-state index contributed by atoms with van der Waals surface area (Å²) >= 11 is 0. The highest BCUT2D eigenvalue weighted by Crippen LogP contribution is 2.46. The lowest BCUT2D eigenvalue weighted by molar-refractivity contribution is -0.166. The van der Waals surface area contributed by atoms with Gasteiger partial charge in [0.2, 0.25) is 0 Å². The van der Waals surface area contributed by atoms with E-state index < -0.39 is 29.3 Å².